The van der Waals surface area contributed by atoms with Crippen molar-refractivity contribution < 1.29 is 9.59 Å². The van der Waals surface area contributed by atoms with E-state index in [0.717, 1.165) is 36.8 Å². The summed E-state index contributed by atoms with van der Waals surface area (Å²) < 4.78 is 1.71. The van der Waals surface area contributed by atoms with Gasteiger partial charge in [-0.25, -0.2) is 4.68 Å². The predicted molar refractivity (Wildman–Crippen MR) is 129 cm³/mol. The molecule has 0 bridgehead atoms. The second-order valence-electron chi connectivity index (χ2n) is 9.08. The molecule has 33 heavy (non-hydrogen) atoms. The number of rotatable bonds is 7. The number of amides is 1. The van der Waals surface area contributed by atoms with Gasteiger partial charge in [-0.3, -0.25) is 14.5 Å². The molecule has 2 heterocycles. The Hall–Kier alpha value is -3.25. The Labute approximate surface area is 195 Å². The van der Waals surface area contributed by atoms with Crippen molar-refractivity contribution in [1.82, 2.24) is 20.0 Å². The molecule has 0 radical (unpaired) electrons. The number of hydrogen-bond donors (Lipinski definition) is 1. The van der Waals surface area contributed by atoms with Crippen molar-refractivity contribution in [2.24, 2.45) is 5.92 Å². The SMILES string of the molecule is Cc1nn(-c2ccccc2)c(C)c1C(=O)C(=O)NCc1ccc(CN2CCC(C)CC2)cc1. The van der Waals surface area contributed by atoms with Crippen LogP contribution in [0.25, 0.3) is 5.69 Å². The summed E-state index contributed by atoms with van der Waals surface area (Å²) in [4.78, 5) is 28.0. The maximum Gasteiger partial charge on any atom is 0.292 e. The van der Waals surface area contributed by atoms with Crippen molar-refractivity contribution in [2.75, 3.05) is 13.1 Å². The van der Waals surface area contributed by atoms with E-state index in [4.69, 9.17) is 0 Å². The molecule has 1 amide bonds. The summed E-state index contributed by atoms with van der Waals surface area (Å²) in [5.74, 6) is -0.335. The zero-order valence-electron chi connectivity index (χ0n) is 19.7. The Morgan fingerprint density at radius 3 is 2.27 bits per heavy atom. The molecule has 1 aliphatic rings. The maximum atomic E-state index is 12.9. The lowest BCUT2D eigenvalue weighted by molar-refractivity contribution is -0.117. The fraction of sp³-hybridized carbons (Fsp3) is 0.370. The Bertz CT molecular complexity index is 1110. The van der Waals surface area contributed by atoms with E-state index in [1.54, 1.807) is 11.6 Å². The van der Waals surface area contributed by atoms with Gasteiger partial charge in [0.15, 0.2) is 0 Å². The van der Waals surface area contributed by atoms with Gasteiger partial charge < -0.3 is 5.32 Å². The molecule has 1 aromatic heterocycles. The number of aromatic nitrogens is 2. The van der Waals surface area contributed by atoms with Crippen LogP contribution in [0.15, 0.2) is 54.6 Å². The molecule has 1 fully saturated rings. The number of hydrogen-bond acceptors (Lipinski definition) is 4. The lowest BCUT2D eigenvalue weighted by Crippen LogP contribution is -2.32. The molecule has 1 saturated heterocycles. The molecule has 1 aliphatic heterocycles. The zero-order chi connectivity index (χ0) is 23.4. The summed E-state index contributed by atoms with van der Waals surface area (Å²) in [5.41, 5.74) is 4.68. The first-order chi connectivity index (χ1) is 15.9. The average Bonchev–Trinajstić information content (AvgIpc) is 3.13. The second-order valence-corrected chi connectivity index (χ2v) is 9.08. The fourth-order valence-corrected chi connectivity index (χ4v) is 4.41. The molecule has 4 rings (SSSR count). The normalized spacial score (nSPS) is 14.9. The standard InChI is InChI=1S/C27H32N4O2/c1-19-13-15-30(16-14-19)18-23-11-9-22(10-12-23)17-28-27(33)26(32)25-20(2)29-31(21(25)3)24-7-5-4-6-8-24/h4-12,19H,13-18H2,1-3H3,(H,28,33). The molecule has 2 aromatic carbocycles. The van der Waals surface area contributed by atoms with E-state index in [-0.39, 0.29) is 0 Å². The molecule has 0 aliphatic carbocycles. The molecule has 0 saturated carbocycles. The van der Waals surface area contributed by atoms with E-state index in [9.17, 15) is 9.59 Å². The lowest BCUT2D eigenvalue weighted by atomic mass is 9.99. The monoisotopic (exact) mass is 444 g/mol. The molecular formula is C27H32N4O2. The first kappa shape index (κ1) is 22.9. The summed E-state index contributed by atoms with van der Waals surface area (Å²) in [7, 11) is 0. The number of piperidine rings is 1. The van der Waals surface area contributed by atoms with Crippen LogP contribution in [0.5, 0.6) is 0 Å². The van der Waals surface area contributed by atoms with Crippen molar-refractivity contribution in [3.05, 3.63) is 82.7 Å². The molecule has 3 aromatic rings. The van der Waals surface area contributed by atoms with Gasteiger partial charge in [-0.15, -0.1) is 0 Å². The van der Waals surface area contributed by atoms with Crippen molar-refractivity contribution >= 4 is 11.7 Å². The van der Waals surface area contributed by atoms with Crippen LogP contribution in [-0.2, 0) is 17.9 Å². The summed E-state index contributed by atoms with van der Waals surface area (Å²) in [6.07, 6.45) is 2.53. The zero-order valence-corrected chi connectivity index (χ0v) is 19.7. The van der Waals surface area contributed by atoms with Crippen molar-refractivity contribution in [3.63, 3.8) is 0 Å². The van der Waals surface area contributed by atoms with Gasteiger partial charge in [0, 0.05) is 13.1 Å². The highest BCUT2D eigenvalue weighted by molar-refractivity contribution is 6.43. The fourth-order valence-electron chi connectivity index (χ4n) is 4.41. The summed E-state index contributed by atoms with van der Waals surface area (Å²) in [6.45, 7) is 9.48. The number of nitrogens with zero attached hydrogens (tertiary/aromatic N) is 3. The Morgan fingerprint density at radius 1 is 0.970 bits per heavy atom. The molecule has 0 unspecified atom stereocenters. The molecular weight excluding hydrogens is 412 g/mol. The third-order valence-electron chi connectivity index (χ3n) is 6.48. The smallest absolute Gasteiger partial charge is 0.292 e. The maximum absolute atomic E-state index is 12.9. The van der Waals surface area contributed by atoms with Gasteiger partial charge in [0.2, 0.25) is 0 Å². The van der Waals surface area contributed by atoms with Gasteiger partial charge in [-0.1, -0.05) is 49.4 Å². The summed E-state index contributed by atoms with van der Waals surface area (Å²) in [5, 5.41) is 7.25. The molecule has 6 nitrogen and oxygen atoms in total. The average molecular weight is 445 g/mol. The number of likely N-dealkylation sites (tertiary alicyclic amines) is 1. The minimum atomic E-state index is -0.611. The predicted octanol–water partition coefficient (Wildman–Crippen LogP) is 4.22. The first-order valence-corrected chi connectivity index (χ1v) is 11.7. The van der Waals surface area contributed by atoms with Crippen LogP contribution in [0.4, 0.5) is 0 Å². The van der Waals surface area contributed by atoms with E-state index in [2.05, 4.69) is 34.4 Å². The van der Waals surface area contributed by atoms with Crippen molar-refractivity contribution in [3.8, 4) is 5.69 Å². The van der Waals surface area contributed by atoms with E-state index in [0.29, 0.717) is 23.5 Å². The van der Waals surface area contributed by atoms with Gasteiger partial charge in [0.05, 0.1) is 22.6 Å². The van der Waals surface area contributed by atoms with Crippen LogP contribution in [0.3, 0.4) is 0 Å². The van der Waals surface area contributed by atoms with Gasteiger partial charge >= 0.3 is 0 Å². The van der Waals surface area contributed by atoms with Crippen LogP contribution < -0.4 is 5.32 Å². The van der Waals surface area contributed by atoms with Gasteiger partial charge in [0.1, 0.15) is 0 Å². The van der Waals surface area contributed by atoms with Crippen LogP contribution in [-0.4, -0.2) is 39.5 Å². The number of Topliss-reactive ketones (excluding diaryl/α,β-unsaturated/α-hetero) is 1. The third kappa shape index (κ3) is 5.40. The Morgan fingerprint density at radius 2 is 1.61 bits per heavy atom. The number of ketones is 1. The number of benzene rings is 2. The Kier molecular flexibility index (Phi) is 7.04. The van der Waals surface area contributed by atoms with Crippen LogP contribution in [0.2, 0.25) is 0 Å². The minimum Gasteiger partial charge on any atom is -0.345 e. The van der Waals surface area contributed by atoms with E-state index in [1.807, 2.05) is 49.4 Å². The highest BCUT2D eigenvalue weighted by atomic mass is 16.2. The second kappa shape index (κ2) is 10.1. The largest absolute Gasteiger partial charge is 0.345 e. The van der Waals surface area contributed by atoms with Crippen molar-refractivity contribution in [2.45, 2.75) is 46.7 Å². The van der Waals surface area contributed by atoms with Crippen molar-refractivity contribution in [1.29, 1.82) is 0 Å². The number of para-hydroxylation sites is 1. The quantitative estimate of drug-likeness (QED) is 0.438. The summed E-state index contributed by atoms with van der Waals surface area (Å²) >= 11 is 0. The van der Waals surface area contributed by atoms with Gasteiger partial charge in [-0.2, -0.15) is 5.10 Å². The van der Waals surface area contributed by atoms with E-state index >= 15 is 0 Å². The third-order valence-corrected chi connectivity index (χ3v) is 6.48. The topological polar surface area (TPSA) is 67.2 Å². The summed E-state index contributed by atoms with van der Waals surface area (Å²) in [6, 6.07) is 17.9. The van der Waals surface area contributed by atoms with Crippen LogP contribution >= 0.6 is 0 Å². The number of nitrogens with one attached hydrogen (secondary N) is 1. The molecule has 172 valence electrons. The molecule has 0 spiro atoms. The molecule has 1 N–H and O–H groups in total. The lowest BCUT2D eigenvalue weighted by Gasteiger charge is -2.30. The first-order valence-electron chi connectivity index (χ1n) is 11.7. The molecule has 6 heteroatoms. The Balaban J connectivity index is 1.35. The number of aryl methyl sites for hydroxylation is 1. The molecule has 0 atom stereocenters. The van der Waals surface area contributed by atoms with E-state index in [1.165, 1.54) is 18.4 Å². The van der Waals surface area contributed by atoms with Gasteiger partial charge in [0.25, 0.3) is 11.7 Å². The minimum absolute atomic E-state index is 0.316. The van der Waals surface area contributed by atoms with Crippen LogP contribution in [0.1, 0.15) is 52.6 Å². The number of carbonyl (C=O) groups excluding carboxylic acids is 2. The van der Waals surface area contributed by atoms with Gasteiger partial charge in [-0.05, 0) is 69.0 Å². The highest BCUT2D eigenvalue weighted by Crippen LogP contribution is 2.20. The van der Waals surface area contributed by atoms with Crippen LogP contribution in [0, 0.1) is 19.8 Å². The highest BCUT2D eigenvalue weighted by Gasteiger charge is 2.25. The van der Waals surface area contributed by atoms with E-state index < -0.39 is 11.7 Å². The number of carbonyl (C=O) groups is 2.